The third-order valence-electron chi connectivity index (χ3n) is 4.62. The molecule has 2 amide bonds. The first kappa shape index (κ1) is 18.3. The van der Waals surface area contributed by atoms with Gasteiger partial charge in [-0.3, -0.25) is 14.5 Å². The Labute approximate surface area is 143 Å². The van der Waals surface area contributed by atoms with Crippen molar-refractivity contribution in [2.75, 3.05) is 26.2 Å². The van der Waals surface area contributed by atoms with Crippen LogP contribution in [-0.4, -0.2) is 48.9 Å². The van der Waals surface area contributed by atoms with Gasteiger partial charge in [0, 0.05) is 18.7 Å². The summed E-state index contributed by atoms with van der Waals surface area (Å²) in [6.07, 6.45) is 5.15. The lowest BCUT2D eigenvalue weighted by Crippen LogP contribution is -2.49. The minimum Gasteiger partial charge on any atom is -0.459 e. The highest BCUT2D eigenvalue weighted by Gasteiger charge is 2.26. The molecule has 1 aliphatic rings. The van der Waals surface area contributed by atoms with E-state index >= 15 is 0 Å². The van der Waals surface area contributed by atoms with Crippen LogP contribution < -0.4 is 10.6 Å². The van der Waals surface area contributed by atoms with Crippen molar-refractivity contribution >= 4 is 11.8 Å². The van der Waals surface area contributed by atoms with Crippen LogP contribution in [-0.2, 0) is 4.79 Å². The van der Waals surface area contributed by atoms with Crippen LogP contribution in [0.2, 0.25) is 0 Å². The minimum atomic E-state index is -0.155. The van der Waals surface area contributed by atoms with Crippen LogP contribution in [0.5, 0.6) is 0 Å². The fourth-order valence-corrected chi connectivity index (χ4v) is 2.95. The van der Waals surface area contributed by atoms with Crippen molar-refractivity contribution in [3.05, 3.63) is 36.3 Å². The number of amides is 2. The summed E-state index contributed by atoms with van der Waals surface area (Å²) in [6.45, 7) is 10.3. The number of likely N-dealkylation sites (tertiary alicyclic amines) is 1. The molecule has 0 aliphatic carbocycles. The van der Waals surface area contributed by atoms with E-state index in [4.69, 9.17) is 4.42 Å². The highest BCUT2D eigenvalue weighted by atomic mass is 16.3. The molecule has 1 atom stereocenters. The molecule has 6 nitrogen and oxygen atoms in total. The van der Waals surface area contributed by atoms with Gasteiger partial charge in [-0.05, 0) is 51.8 Å². The number of piperidine rings is 1. The van der Waals surface area contributed by atoms with Crippen LogP contribution in [0.25, 0.3) is 0 Å². The Hall–Kier alpha value is -2.08. The summed E-state index contributed by atoms with van der Waals surface area (Å²) in [7, 11) is 0. The molecular weight excluding hydrogens is 306 g/mol. The Kier molecular flexibility index (Phi) is 6.61. The SMILES string of the molecule is C=CCNC(=O)C(C)N1CCC(CNC(=O)c2occc2C)CC1. The molecule has 6 heteroatoms. The van der Waals surface area contributed by atoms with Gasteiger partial charge in [0.25, 0.3) is 5.91 Å². The summed E-state index contributed by atoms with van der Waals surface area (Å²) in [5, 5.41) is 5.78. The average Bonchev–Trinajstić information content (AvgIpc) is 3.03. The maximum Gasteiger partial charge on any atom is 0.287 e. The highest BCUT2D eigenvalue weighted by Crippen LogP contribution is 2.19. The molecule has 1 fully saturated rings. The van der Waals surface area contributed by atoms with Gasteiger partial charge < -0.3 is 15.1 Å². The Morgan fingerprint density at radius 2 is 2.12 bits per heavy atom. The molecule has 1 aliphatic heterocycles. The number of nitrogens with zero attached hydrogens (tertiary/aromatic N) is 1. The predicted molar refractivity (Wildman–Crippen MR) is 92.7 cm³/mol. The normalized spacial score (nSPS) is 17.2. The van der Waals surface area contributed by atoms with Gasteiger partial charge in [0.2, 0.25) is 5.91 Å². The van der Waals surface area contributed by atoms with Crippen LogP contribution >= 0.6 is 0 Å². The lowest BCUT2D eigenvalue weighted by molar-refractivity contribution is -0.126. The zero-order chi connectivity index (χ0) is 17.5. The number of carbonyl (C=O) groups excluding carboxylic acids is 2. The van der Waals surface area contributed by atoms with E-state index in [1.54, 1.807) is 12.1 Å². The highest BCUT2D eigenvalue weighted by molar-refractivity contribution is 5.92. The molecule has 0 bridgehead atoms. The van der Waals surface area contributed by atoms with E-state index in [0.29, 0.717) is 24.8 Å². The van der Waals surface area contributed by atoms with Gasteiger partial charge in [-0.15, -0.1) is 6.58 Å². The lowest BCUT2D eigenvalue weighted by Gasteiger charge is -2.35. The smallest absolute Gasteiger partial charge is 0.287 e. The van der Waals surface area contributed by atoms with E-state index in [9.17, 15) is 9.59 Å². The molecule has 132 valence electrons. The van der Waals surface area contributed by atoms with E-state index in [-0.39, 0.29) is 17.9 Å². The molecule has 1 aromatic rings. The van der Waals surface area contributed by atoms with Gasteiger partial charge in [0.1, 0.15) is 0 Å². The van der Waals surface area contributed by atoms with Crippen LogP contribution in [0, 0.1) is 12.8 Å². The number of aryl methyl sites for hydroxylation is 1. The van der Waals surface area contributed by atoms with Crippen LogP contribution in [0.4, 0.5) is 0 Å². The second kappa shape index (κ2) is 8.68. The molecule has 2 rings (SSSR count). The summed E-state index contributed by atoms with van der Waals surface area (Å²) in [5.41, 5.74) is 0.849. The second-order valence-electron chi connectivity index (χ2n) is 6.33. The molecule has 24 heavy (non-hydrogen) atoms. The van der Waals surface area contributed by atoms with E-state index in [2.05, 4.69) is 22.1 Å². The molecule has 1 saturated heterocycles. The Morgan fingerprint density at radius 3 is 2.71 bits per heavy atom. The van der Waals surface area contributed by atoms with E-state index in [1.807, 2.05) is 13.8 Å². The van der Waals surface area contributed by atoms with E-state index in [1.165, 1.54) is 6.26 Å². The molecule has 0 radical (unpaired) electrons. The Balaban J connectivity index is 1.73. The standard InChI is InChI=1S/C18H27N3O3/c1-4-8-19-17(22)14(3)21-9-5-15(6-10-21)12-20-18(23)16-13(2)7-11-24-16/h4,7,11,14-15H,1,5-6,8-10,12H2,2-3H3,(H,19,22)(H,20,23). The fourth-order valence-electron chi connectivity index (χ4n) is 2.95. The van der Waals surface area contributed by atoms with E-state index < -0.39 is 0 Å². The summed E-state index contributed by atoms with van der Waals surface area (Å²) in [6, 6.07) is 1.65. The third kappa shape index (κ3) is 4.71. The summed E-state index contributed by atoms with van der Waals surface area (Å²) in [4.78, 5) is 26.2. The average molecular weight is 333 g/mol. The fraction of sp³-hybridized carbons (Fsp3) is 0.556. The monoisotopic (exact) mass is 333 g/mol. The van der Waals surface area contributed by atoms with Gasteiger partial charge in [-0.2, -0.15) is 0 Å². The third-order valence-corrected chi connectivity index (χ3v) is 4.62. The Morgan fingerprint density at radius 1 is 1.42 bits per heavy atom. The van der Waals surface area contributed by atoms with Crippen molar-refractivity contribution in [3.63, 3.8) is 0 Å². The maximum atomic E-state index is 12.1. The number of carbonyl (C=O) groups is 2. The molecule has 1 unspecified atom stereocenters. The van der Waals surface area contributed by atoms with Gasteiger partial charge in [0.05, 0.1) is 12.3 Å². The number of hydrogen-bond donors (Lipinski definition) is 2. The largest absolute Gasteiger partial charge is 0.459 e. The van der Waals surface area contributed by atoms with Crippen molar-refractivity contribution in [2.45, 2.75) is 32.7 Å². The molecule has 0 spiro atoms. The number of rotatable bonds is 7. The van der Waals surface area contributed by atoms with Gasteiger partial charge in [0.15, 0.2) is 5.76 Å². The Bertz CT molecular complexity index is 574. The molecule has 0 aromatic carbocycles. The van der Waals surface area contributed by atoms with Gasteiger partial charge >= 0.3 is 0 Å². The summed E-state index contributed by atoms with van der Waals surface area (Å²) >= 11 is 0. The maximum absolute atomic E-state index is 12.1. The number of furan rings is 1. The minimum absolute atomic E-state index is 0.0370. The first-order chi connectivity index (χ1) is 11.5. The molecule has 0 saturated carbocycles. The van der Waals surface area contributed by atoms with Crippen molar-refractivity contribution in [1.29, 1.82) is 0 Å². The van der Waals surface area contributed by atoms with Crippen LogP contribution in [0.15, 0.2) is 29.4 Å². The zero-order valence-corrected chi connectivity index (χ0v) is 14.5. The molecule has 1 aromatic heterocycles. The summed E-state index contributed by atoms with van der Waals surface area (Å²) in [5.74, 6) is 0.705. The first-order valence-corrected chi connectivity index (χ1v) is 8.48. The van der Waals surface area contributed by atoms with Crippen molar-refractivity contribution in [2.24, 2.45) is 5.92 Å². The van der Waals surface area contributed by atoms with Crippen molar-refractivity contribution < 1.29 is 14.0 Å². The van der Waals surface area contributed by atoms with Crippen molar-refractivity contribution in [3.8, 4) is 0 Å². The van der Waals surface area contributed by atoms with Gasteiger partial charge in [-0.25, -0.2) is 0 Å². The topological polar surface area (TPSA) is 74.6 Å². The number of nitrogens with one attached hydrogen (secondary N) is 2. The van der Waals surface area contributed by atoms with Crippen LogP contribution in [0.1, 0.15) is 35.9 Å². The molecular formula is C18H27N3O3. The molecule has 2 N–H and O–H groups in total. The van der Waals surface area contributed by atoms with Gasteiger partial charge in [-0.1, -0.05) is 6.08 Å². The predicted octanol–water partition coefficient (Wildman–Crippen LogP) is 1.72. The second-order valence-corrected chi connectivity index (χ2v) is 6.33. The quantitative estimate of drug-likeness (QED) is 0.745. The lowest BCUT2D eigenvalue weighted by atomic mass is 9.95. The zero-order valence-electron chi connectivity index (χ0n) is 14.5. The number of hydrogen-bond acceptors (Lipinski definition) is 4. The molecule has 2 heterocycles. The van der Waals surface area contributed by atoms with Crippen LogP contribution in [0.3, 0.4) is 0 Å². The summed E-state index contributed by atoms with van der Waals surface area (Å²) < 4.78 is 5.20. The van der Waals surface area contributed by atoms with E-state index in [0.717, 1.165) is 31.5 Å². The van der Waals surface area contributed by atoms with Crippen molar-refractivity contribution in [1.82, 2.24) is 15.5 Å². The first-order valence-electron chi connectivity index (χ1n) is 8.48.